The molecule has 6 rings (SSSR count). The first-order valence-corrected chi connectivity index (χ1v) is 19.2. The minimum atomic E-state index is -1.23. The van der Waals surface area contributed by atoms with Crippen LogP contribution in [-0.2, 0) is 25.6 Å². The smallest absolute Gasteiger partial charge is 0.264 e. The second-order valence-electron chi connectivity index (χ2n) is 13.5. The Kier molecular flexibility index (Phi) is 7.57. The molecular formula is C31H43ClN6O2Si. The van der Waals surface area contributed by atoms with Gasteiger partial charge in [-0.2, -0.15) is 10.1 Å². The first-order valence-electron chi connectivity index (χ1n) is 15.1. The summed E-state index contributed by atoms with van der Waals surface area (Å²) in [6.07, 6.45) is 13.0. The summed E-state index contributed by atoms with van der Waals surface area (Å²) in [6, 6.07) is 5.01. The number of aromatic nitrogens is 5. The third-order valence-electron chi connectivity index (χ3n) is 9.35. The van der Waals surface area contributed by atoms with Crippen LogP contribution in [-0.4, -0.2) is 51.7 Å². The molecule has 41 heavy (non-hydrogen) atoms. The van der Waals surface area contributed by atoms with E-state index in [2.05, 4.69) is 29.6 Å². The van der Waals surface area contributed by atoms with Gasteiger partial charge in [-0.05, 0) is 43.2 Å². The van der Waals surface area contributed by atoms with Crippen LogP contribution in [0.2, 0.25) is 30.7 Å². The highest BCUT2D eigenvalue weighted by molar-refractivity contribution is 6.76. The molecule has 10 heteroatoms. The van der Waals surface area contributed by atoms with Crippen LogP contribution in [0.3, 0.4) is 0 Å². The van der Waals surface area contributed by atoms with Crippen LogP contribution < -0.4 is 10.5 Å². The Morgan fingerprint density at radius 2 is 1.73 bits per heavy atom. The van der Waals surface area contributed by atoms with Gasteiger partial charge in [0.1, 0.15) is 6.73 Å². The number of piperidine rings is 1. The number of halogens is 1. The molecule has 1 spiro atoms. The van der Waals surface area contributed by atoms with Crippen molar-refractivity contribution in [3.63, 3.8) is 0 Å². The summed E-state index contributed by atoms with van der Waals surface area (Å²) in [5.41, 5.74) is 3.50. The molecular weight excluding hydrogens is 552 g/mol. The van der Waals surface area contributed by atoms with E-state index in [1.807, 2.05) is 43.2 Å². The van der Waals surface area contributed by atoms with E-state index in [0.717, 1.165) is 47.1 Å². The van der Waals surface area contributed by atoms with Crippen molar-refractivity contribution in [3.05, 3.63) is 39.9 Å². The quantitative estimate of drug-likeness (QED) is 0.174. The first-order chi connectivity index (χ1) is 19.6. The number of fused-ring (bicyclic) bond motifs is 2. The lowest BCUT2D eigenvalue weighted by Gasteiger charge is -2.44. The van der Waals surface area contributed by atoms with E-state index in [1.165, 1.54) is 44.9 Å². The molecule has 8 nitrogen and oxygen atoms in total. The summed E-state index contributed by atoms with van der Waals surface area (Å²) in [5.74, 6) is 0.745. The molecule has 1 saturated carbocycles. The molecule has 4 heterocycles. The zero-order valence-corrected chi connectivity index (χ0v) is 26.9. The standard InChI is InChI=1S/C31H43ClN6O2Si/c1-35-19-24-25(34-35)10-9-22(27(24)32)23-20-38(21-40-17-18-41(3,4)5)28-26(23)29(39)36(2)30(33-28)37-15-13-31(14-16-37)11-7-6-8-12-31/h9-10,19-20H,6-8,11-18,21H2,1-5H3. The molecule has 1 aromatic carbocycles. The number of benzene rings is 1. The molecule has 0 unspecified atom stereocenters. The van der Waals surface area contributed by atoms with Crippen LogP contribution in [0.15, 0.2) is 29.3 Å². The van der Waals surface area contributed by atoms with E-state index in [1.54, 1.807) is 9.25 Å². The fourth-order valence-electron chi connectivity index (χ4n) is 6.80. The van der Waals surface area contributed by atoms with Crippen molar-refractivity contribution in [3.8, 4) is 11.1 Å². The van der Waals surface area contributed by atoms with Crippen LogP contribution in [0.25, 0.3) is 33.1 Å². The van der Waals surface area contributed by atoms with E-state index in [-0.39, 0.29) is 5.56 Å². The molecule has 0 bridgehead atoms. The fourth-order valence-corrected chi connectivity index (χ4v) is 7.87. The average molecular weight is 595 g/mol. The van der Waals surface area contributed by atoms with Gasteiger partial charge in [0.25, 0.3) is 5.56 Å². The van der Waals surface area contributed by atoms with Crippen molar-refractivity contribution in [2.45, 2.75) is 77.4 Å². The number of anilines is 1. The molecule has 1 saturated heterocycles. The van der Waals surface area contributed by atoms with E-state index in [4.69, 9.17) is 21.3 Å². The SMILES string of the molecule is Cn1cc2c(Cl)c(-c3cn(COCC[Si](C)(C)C)c4nc(N5CCC6(CCCCC6)CC5)n(C)c(=O)c34)ccc2n1. The van der Waals surface area contributed by atoms with Crippen LogP contribution in [0.4, 0.5) is 5.95 Å². The molecule has 3 aromatic heterocycles. The van der Waals surface area contributed by atoms with Gasteiger partial charge in [0, 0.05) is 70.8 Å². The third kappa shape index (κ3) is 5.48. The van der Waals surface area contributed by atoms with E-state index in [9.17, 15) is 4.79 Å². The van der Waals surface area contributed by atoms with Gasteiger partial charge in [-0.1, -0.05) is 56.6 Å². The Morgan fingerprint density at radius 1 is 1.00 bits per heavy atom. The summed E-state index contributed by atoms with van der Waals surface area (Å²) in [7, 11) is 2.51. The number of aryl methyl sites for hydroxylation is 1. The highest BCUT2D eigenvalue weighted by Crippen LogP contribution is 2.45. The normalized spacial score (nSPS) is 17.8. The Hall–Kier alpha value is -2.62. The summed E-state index contributed by atoms with van der Waals surface area (Å²) in [6.45, 7) is 9.97. The largest absolute Gasteiger partial charge is 0.361 e. The molecule has 2 fully saturated rings. The fraction of sp³-hybridized carbons (Fsp3) is 0.581. The Morgan fingerprint density at radius 3 is 2.44 bits per heavy atom. The minimum Gasteiger partial charge on any atom is -0.361 e. The van der Waals surface area contributed by atoms with Gasteiger partial charge in [0.05, 0.1) is 15.9 Å². The van der Waals surface area contributed by atoms with Gasteiger partial charge < -0.3 is 14.2 Å². The predicted molar refractivity (Wildman–Crippen MR) is 171 cm³/mol. The van der Waals surface area contributed by atoms with Crippen molar-refractivity contribution in [1.82, 2.24) is 23.9 Å². The lowest BCUT2D eigenvalue weighted by Crippen LogP contribution is -2.43. The number of rotatable bonds is 7. The summed E-state index contributed by atoms with van der Waals surface area (Å²) < 4.78 is 11.7. The monoisotopic (exact) mass is 594 g/mol. The van der Waals surface area contributed by atoms with Gasteiger partial charge >= 0.3 is 0 Å². The molecule has 4 aromatic rings. The molecule has 0 amide bonds. The summed E-state index contributed by atoms with van der Waals surface area (Å²) in [5, 5.41) is 6.54. The van der Waals surface area contributed by atoms with Crippen LogP contribution >= 0.6 is 11.6 Å². The molecule has 0 atom stereocenters. The average Bonchev–Trinajstić information content (AvgIpc) is 3.50. The lowest BCUT2D eigenvalue weighted by atomic mass is 9.68. The molecule has 0 N–H and O–H groups in total. The topological polar surface area (TPSA) is 70.1 Å². The molecule has 1 aliphatic heterocycles. The van der Waals surface area contributed by atoms with Crippen molar-refractivity contribution >= 4 is 47.6 Å². The van der Waals surface area contributed by atoms with Crippen LogP contribution in [0, 0.1) is 5.41 Å². The zero-order chi connectivity index (χ0) is 28.9. The lowest BCUT2D eigenvalue weighted by molar-refractivity contribution is 0.0899. The maximum atomic E-state index is 14.1. The highest BCUT2D eigenvalue weighted by atomic mass is 35.5. The first kappa shape index (κ1) is 28.5. The van der Waals surface area contributed by atoms with Crippen molar-refractivity contribution < 1.29 is 4.74 Å². The maximum absolute atomic E-state index is 14.1. The van der Waals surface area contributed by atoms with Gasteiger partial charge in [-0.25, -0.2) is 0 Å². The number of ether oxygens (including phenoxy) is 1. The number of hydrogen-bond donors (Lipinski definition) is 0. The van der Waals surface area contributed by atoms with Crippen molar-refractivity contribution in [1.29, 1.82) is 0 Å². The molecule has 220 valence electrons. The van der Waals surface area contributed by atoms with Gasteiger partial charge in [-0.15, -0.1) is 0 Å². The van der Waals surface area contributed by atoms with Crippen LogP contribution in [0.5, 0.6) is 0 Å². The van der Waals surface area contributed by atoms with Gasteiger partial charge in [0.15, 0.2) is 5.65 Å². The summed E-state index contributed by atoms with van der Waals surface area (Å²) >= 11 is 6.97. The maximum Gasteiger partial charge on any atom is 0.264 e. The zero-order valence-electron chi connectivity index (χ0n) is 25.2. The van der Waals surface area contributed by atoms with Crippen molar-refractivity contribution in [2.24, 2.45) is 19.5 Å². The van der Waals surface area contributed by atoms with E-state index >= 15 is 0 Å². The highest BCUT2D eigenvalue weighted by Gasteiger charge is 2.36. The van der Waals surface area contributed by atoms with E-state index in [0.29, 0.717) is 34.8 Å². The number of hydrogen-bond acceptors (Lipinski definition) is 5. The second-order valence-corrected chi connectivity index (χ2v) is 19.5. The van der Waals surface area contributed by atoms with E-state index < -0.39 is 8.07 Å². The van der Waals surface area contributed by atoms with Crippen LogP contribution in [0.1, 0.15) is 44.9 Å². The molecule has 1 aliphatic carbocycles. The Balaban J connectivity index is 1.41. The molecule has 2 aliphatic rings. The van der Waals surface area contributed by atoms with Gasteiger partial charge in [0.2, 0.25) is 5.95 Å². The second kappa shape index (κ2) is 10.9. The molecule has 0 radical (unpaired) electrons. The minimum absolute atomic E-state index is 0.0545. The third-order valence-corrected chi connectivity index (χ3v) is 11.5. The Bertz CT molecular complexity index is 1630. The van der Waals surface area contributed by atoms with Gasteiger partial charge in [-0.3, -0.25) is 14.0 Å². The Labute approximate surface area is 248 Å². The summed E-state index contributed by atoms with van der Waals surface area (Å²) in [4.78, 5) is 21.6. The number of nitrogens with zero attached hydrogens (tertiary/aromatic N) is 6. The predicted octanol–water partition coefficient (Wildman–Crippen LogP) is 6.81. The van der Waals surface area contributed by atoms with Crippen molar-refractivity contribution in [2.75, 3.05) is 24.6 Å².